The average molecular weight is 489 g/mol. The molecule has 1 aliphatic rings. The molecule has 8 nitrogen and oxygen atoms in total. The molecule has 0 bridgehead atoms. The Bertz CT molecular complexity index is 1570. The molecular formula is C28H32N4O4. The molecule has 1 atom stereocenters. The maximum atomic E-state index is 14.0. The first-order chi connectivity index (χ1) is 17.3. The Labute approximate surface area is 209 Å². The summed E-state index contributed by atoms with van der Waals surface area (Å²) in [5.41, 5.74) is 0.889. The van der Waals surface area contributed by atoms with Gasteiger partial charge in [-0.25, -0.2) is 4.79 Å². The van der Waals surface area contributed by atoms with Crippen LogP contribution < -0.4 is 11.2 Å². The number of nitrogens with zero attached hydrogens (tertiary/aromatic N) is 4. The van der Waals surface area contributed by atoms with Crippen LogP contribution >= 0.6 is 0 Å². The molecule has 8 heteroatoms. The highest BCUT2D eigenvalue weighted by Gasteiger charge is 2.33. The smallest absolute Gasteiger partial charge is 0.331 e. The van der Waals surface area contributed by atoms with Crippen molar-refractivity contribution in [2.75, 3.05) is 13.2 Å². The lowest BCUT2D eigenvalue weighted by Gasteiger charge is -2.24. The summed E-state index contributed by atoms with van der Waals surface area (Å²) in [4.78, 5) is 42.3. The average Bonchev–Trinajstić information content (AvgIpc) is 3.50. The van der Waals surface area contributed by atoms with E-state index in [1.165, 1.54) is 7.05 Å². The Balaban J connectivity index is 1.78. The summed E-state index contributed by atoms with van der Waals surface area (Å²) >= 11 is 0. The minimum atomic E-state index is -0.477. The number of aliphatic hydroxyl groups excluding tert-OH is 1. The molecule has 0 spiro atoms. The fourth-order valence-corrected chi connectivity index (χ4v) is 5.43. The van der Waals surface area contributed by atoms with Gasteiger partial charge in [-0.2, -0.15) is 0 Å². The SMILES string of the molecule is CC(C)Cn1c(=O)n(C)c(=O)c2c(C(=O)N3CCC[C@H]3CO)n(Cc3cccc4ccccc34)cc21. The zero-order chi connectivity index (χ0) is 25.6. The van der Waals surface area contributed by atoms with Gasteiger partial charge in [0, 0.05) is 32.9 Å². The molecule has 1 saturated heterocycles. The van der Waals surface area contributed by atoms with Crippen LogP contribution in [0, 0.1) is 5.92 Å². The van der Waals surface area contributed by atoms with E-state index >= 15 is 0 Å². The van der Waals surface area contributed by atoms with Crippen LogP contribution in [0.3, 0.4) is 0 Å². The summed E-state index contributed by atoms with van der Waals surface area (Å²) in [7, 11) is 1.46. The number of carbonyl (C=O) groups excluding carboxylic acids is 1. The van der Waals surface area contributed by atoms with Crippen LogP contribution in [0.1, 0.15) is 42.7 Å². The number of aliphatic hydroxyl groups is 1. The predicted molar refractivity (Wildman–Crippen MR) is 140 cm³/mol. The second-order valence-electron chi connectivity index (χ2n) is 10.1. The molecule has 2 aromatic carbocycles. The maximum Gasteiger partial charge on any atom is 0.331 e. The molecule has 36 heavy (non-hydrogen) atoms. The van der Waals surface area contributed by atoms with E-state index in [1.807, 2.05) is 60.9 Å². The Kier molecular flexibility index (Phi) is 6.30. The van der Waals surface area contributed by atoms with Gasteiger partial charge in [0.2, 0.25) is 0 Å². The standard InChI is InChI=1S/C28H32N4O4/c1-18(2)14-32-23-16-30(15-20-10-6-9-19-8-4-5-12-22(19)20)25(24(23)26(34)29(3)28(32)36)27(35)31-13-7-11-21(31)17-33/h4-6,8-10,12,16,18,21,33H,7,11,13-15,17H2,1-3H3/t21-/m0/s1. The van der Waals surface area contributed by atoms with Crippen LogP contribution in [0.4, 0.5) is 0 Å². The topological polar surface area (TPSA) is 89.5 Å². The highest BCUT2D eigenvalue weighted by Crippen LogP contribution is 2.27. The van der Waals surface area contributed by atoms with Gasteiger partial charge in [0.1, 0.15) is 5.69 Å². The van der Waals surface area contributed by atoms with Crippen molar-refractivity contribution >= 4 is 27.6 Å². The Morgan fingerprint density at radius 2 is 1.86 bits per heavy atom. The number of fused-ring (bicyclic) bond motifs is 2. The molecule has 5 rings (SSSR count). The molecule has 4 aromatic rings. The fraction of sp³-hybridized carbons (Fsp3) is 0.393. The zero-order valence-corrected chi connectivity index (χ0v) is 21.0. The van der Waals surface area contributed by atoms with Crippen LogP contribution in [-0.2, 0) is 20.1 Å². The first kappa shape index (κ1) is 24.1. The van der Waals surface area contributed by atoms with E-state index in [1.54, 1.807) is 15.7 Å². The second kappa shape index (κ2) is 9.43. The molecule has 0 aliphatic carbocycles. The van der Waals surface area contributed by atoms with Gasteiger partial charge < -0.3 is 14.6 Å². The molecule has 1 amide bonds. The molecule has 1 fully saturated rings. The van der Waals surface area contributed by atoms with E-state index in [4.69, 9.17) is 0 Å². The lowest BCUT2D eigenvalue weighted by molar-refractivity contribution is 0.0669. The first-order valence-corrected chi connectivity index (χ1v) is 12.5. The van der Waals surface area contributed by atoms with Crippen molar-refractivity contribution in [1.29, 1.82) is 0 Å². The third-order valence-electron chi connectivity index (χ3n) is 7.21. The number of benzene rings is 2. The van der Waals surface area contributed by atoms with E-state index in [-0.39, 0.29) is 35.6 Å². The Morgan fingerprint density at radius 1 is 1.11 bits per heavy atom. The minimum Gasteiger partial charge on any atom is -0.394 e. The van der Waals surface area contributed by atoms with E-state index in [9.17, 15) is 19.5 Å². The van der Waals surface area contributed by atoms with Gasteiger partial charge in [-0.3, -0.25) is 18.7 Å². The normalized spacial score (nSPS) is 16.0. The monoisotopic (exact) mass is 488 g/mol. The van der Waals surface area contributed by atoms with Gasteiger partial charge >= 0.3 is 5.69 Å². The summed E-state index contributed by atoms with van der Waals surface area (Å²) in [6, 6.07) is 13.8. The molecule has 3 heterocycles. The Hall–Kier alpha value is -3.65. The number of rotatable bonds is 6. The van der Waals surface area contributed by atoms with Crippen molar-refractivity contribution in [2.24, 2.45) is 13.0 Å². The van der Waals surface area contributed by atoms with Crippen molar-refractivity contribution in [3.8, 4) is 0 Å². The third kappa shape index (κ3) is 3.95. The number of likely N-dealkylation sites (tertiary alicyclic amines) is 1. The van der Waals surface area contributed by atoms with Crippen LogP contribution in [0.5, 0.6) is 0 Å². The summed E-state index contributed by atoms with van der Waals surface area (Å²) in [5.74, 6) is -0.116. The second-order valence-corrected chi connectivity index (χ2v) is 10.1. The van der Waals surface area contributed by atoms with Crippen molar-refractivity contribution in [3.63, 3.8) is 0 Å². The van der Waals surface area contributed by atoms with E-state index in [0.717, 1.165) is 33.7 Å². The van der Waals surface area contributed by atoms with Crippen LogP contribution in [0.2, 0.25) is 0 Å². The molecule has 1 N–H and O–H groups in total. The van der Waals surface area contributed by atoms with E-state index in [0.29, 0.717) is 25.2 Å². The van der Waals surface area contributed by atoms with E-state index < -0.39 is 11.2 Å². The highest BCUT2D eigenvalue weighted by atomic mass is 16.3. The molecule has 188 valence electrons. The molecule has 0 radical (unpaired) electrons. The lowest BCUT2D eigenvalue weighted by Crippen LogP contribution is -2.41. The van der Waals surface area contributed by atoms with Crippen LogP contribution in [0.15, 0.2) is 58.3 Å². The maximum absolute atomic E-state index is 14.0. The van der Waals surface area contributed by atoms with Gasteiger partial charge in [0.25, 0.3) is 11.5 Å². The van der Waals surface area contributed by atoms with Crippen LogP contribution in [0.25, 0.3) is 21.7 Å². The minimum absolute atomic E-state index is 0.121. The predicted octanol–water partition coefficient (Wildman–Crippen LogP) is 2.96. The molecule has 1 aliphatic heterocycles. The quantitative estimate of drug-likeness (QED) is 0.452. The number of amides is 1. The Morgan fingerprint density at radius 3 is 2.61 bits per heavy atom. The molecule has 2 aromatic heterocycles. The zero-order valence-electron chi connectivity index (χ0n) is 21.0. The van der Waals surface area contributed by atoms with Gasteiger partial charge in [0.15, 0.2) is 0 Å². The summed E-state index contributed by atoms with van der Waals surface area (Å²) in [6.07, 6.45) is 3.30. The van der Waals surface area contributed by atoms with E-state index in [2.05, 4.69) is 0 Å². The largest absolute Gasteiger partial charge is 0.394 e. The van der Waals surface area contributed by atoms with Gasteiger partial charge in [0.05, 0.1) is 23.6 Å². The lowest BCUT2D eigenvalue weighted by atomic mass is 10.0. The van der Waals surface area contributed by atoms with Crippen molar-refractivity contribution in [2.45, 2.75) is 45.8 Å². The molecule has 0 unspecified atom stereocenters. The van der Waals surface area contributed by atoms with Crippen molar-refractivity contribution in [1.82, 2.24) is 18.6 Å². The summed E-state index contributed by atoms with van der Waals surface area (Å²) in [6.45, 7) is 5.23. The fourth-order valence-electron chi connectivity index (χ4n) is 5.43. The number of carbonyl (C=O) groups is 1. The van der Waals surface area contributed by atoms with Crippen molar-refractivity contribution in [3.05, 3.63) is 80.8 Å². The first-order valence-electron chi connectivity index (χ1n) is 12.5. The van der Waals surface area contributed by atoms with Crippen LogP contribution in [-0.4, -0.2) is 48.8 Å². The molecular weight excluding hydrogens is 456 g/mol. The van der Waals surface area contributed by atoms with Gasteiger partial charge in [-0.15, -0.1) is 0 Å². The number of hydrogen-bond donors (Lipinski definition) is 1. The van der Waals surface area contributed by atoms with Gasteiger partial charge in [-0.1, -0.05) is 56.3 Å². The number of hydrogen-bond acceptors (Lipinski definition) is 4. The third-order valence-corrected chi connectivity index (χ3v) is 7.21. The number of aromatic nitrogens is 3. The summed E-state index contributed by atoms with van der Waals surface area (Å²) in [5, 5.41) is 12.3. The molecule has 0 saturated carbocycles. The van der Waals surface area contributed by atoms with Gasteiger partial charge in [-0.05, 0) is 35.1 Å². The highest BCUT2D eigenvalue weighted by molar-refractivity contribution is 6.05. The van der Waals surface area contributed by atoms with Crippen molar-refractivity contribution < 1.29 is 9.90 Å². The summed E-state index contributed by atoms with van der Waals surface area (Å²) < 4.78 is 4.52.